The fourth-order valence-corrected chi connectivity index (χ4v) is 1.64. The zero-order valence-corrected chi connectivity index (χ0v) is 10.6. The molecule has 0 aliphatic rings. The van der Waals surface area contributed by atoms with Gasteiger partial charge in [-0.05, 0) is 24.3 Å². The van der Waals surface area contributed by atoms with Gasteiger partial charge in [0.1, 0.15) is 0 Å². The monoisotopic (exact) mass is 267 g/mol. The molecule has 0 saturated carbocycles. The van der Waals surface area contributed by atoms with Crippen molar-refractivity contribution in [2.75, 3.05) is 0 Å². The molecule has 0 aliphatic heterocycles. The number of carboxylic acid groups (broad SMARTS) is 1. The van der Waals surface area contributed by atoms with Gasteiger partial charge in [-0.15, -0.1) is 0 Å². The van der Waals surface area contributed by atoms with E-state index in [1.54, 1.807) is 36.4 Å². The lowest BCUT2D eigenvalue weighted by atomic mass is 10.2. The van der Waals surface area contributed by atoms with Crippen molar-refractivity contribution in [2.45, 2.75) is 0 Å². The highest BCUT2D eigenvalue weighted by Gasteiger charge is 1.96. The maximum Gasteiger partial charge on any atom is 0.335 e. The average molecular weight is 267 g/mol. The van der Waals surface area contributed by atoms with E-state index in [1.807, 2.05) is 30.3 Å². The van der Waals surface area contributed by atoms with Crippen molar-refractivity contribution in [3.05, 3.63) is 72.3 Å². The Morgan fingerprint density at radius 2 is 1.50 bits per heavy atom. The van der Waals surface area contributed by atoms with Crippen LogP contribution in [0.15, 0.2) is 66.7 Å². The van der Waals surface area contributed by atoms with E-state index in [4.69, 9.17) is 10.2 Å². The molecule has 0 amide bonds. The van der Waals surface area contributed by atoms with Crippen LogP contribution < -0.4 is 0 Å². The number of rotatable bonds is 1. The SMILES string of the molecule is O=C(O)c1ccccc1.Oc1ccc2ccccc2n1. The van der Waals surface area contributed by atoms with E-state index < -0.39 is 5.97 Å². The van der Waals surface area contributed by atoms with Crippen molar-refractivity contribution >= 4 is 16.9 Å². The Hall–Kier alpha value is -2.88. The summed E-state index contributed by atoms with van der Waals surface area (Å²) < 4.78 is 0. The Morgan fingerprint density at radius 1 is 0.850 bits per heavy atom. The summed E-state index contributed by atoms with van der Waals surface area (Å²) in [6.07, 6.45) is 0. The van der Waals surface area contributed by atoms with Crippen molar-refractivity contribution in [3.63, 3.8) is 0 Å². The van der Waals surface area contributed by atoms with Crippen LogP contribution in [0, 0.1) is 0 Å². The minimum Gasteiger partial charge on any atom is -0.493 e. The summed E-state index contributed by atoms with van der Waals surface area (Å²) in [6.45, 7) is 0. The van der Waals surface area contributed by atoms with Gasteiger partial charge in [-0.3, -0.25) is 0 Å². The van der Waals surface area contributed by atoms with Crippen molar-refractivity contribution in [1.82, 2.24) is 4.98 Å². The van der Waals surface area contributed by atoms with Crippen molar-refractivity contribution in [3.8, 4) is 5.88 Å². The van der Waals surface area contributed by atoms with Crippen LogP contribution in [0.2, 0.25) is 0 Å². The van der Waals surface area contributed by atoms with Gasteiger partial charge in [-0.2, -0.15) is 0 Å². The van der Waals surface area contributed by atoms with Crippen LogP contribution in [0.5, 0.6) is 5.88 Å². The predicted octanol–water partition coefficient (Wildman–Crippen LogP) is 3.33. The van der Waals surface area contributed by atoms with E-state index in [1.165, 1.54) is 0 Å². The molecule has 1 heterocycles. The van der Waals surface area contributed by atoms with E-state index in [2.05, 4.69) is 4.98 Å². The van der Waals surface area contributed by atoms with Gasteiger partial charge >= 0.3 is 5.97 Å². The zero-order chi connectivity index (χ0) is 14.4. The Morgan fingerprint density at radius 3 is 2.15 bits per heavy atom. The van der Waals surface area contributed by atoms with E-state index in [-0.39, 0.29) is 5.88 Å². The number of pyridine rings is 1. The third-order valence-electron chi connectivity index (χ3n) is 2.60. The Balaban J connectivity index is 0.000000151. The Labute approximate surface area is 116 Å². The van der Waals surface area contributed by atoms with Crippen LogP contribution in [-0.2, 0) is 0 Å². The number of aromatic carboxylic acids is 1. The van der Waals surface area contributed by atoms with Crippen LogP contribution >= 0.6 is 0 Å². The first-order chi connectivity index (χ1) is 9.66. The number of carboxylic acids is 1. The molecular formula is C16H13NO3. The number of hydrogen-bond acceptors (Lipinski definition) is 3. The summed E-state index contributed by atoms with van der Waals surface area (Å²) in [5, 5.41) is 18.5. The smallest absolute Gasteiger partial charge is 0.335 e. The fourth-order valence-electron chi connectivity index (χ4n) is 1.64. The summed E-state index contributed by atoms with van der Waals surface area (Å²) in [5.41, 5.74) is 1.16. The molecule has 0 aliphatic carbocycles. The van der Waals surface area contributed by atoms with Crippen LogP contribution in [-0.4, -0.2) is 21.2 Å². The second-order valence-corrected chi connectivity index (χ2v) is 4.03. The molecule has 0 radical (unpaired) electrons. The third-order valence-corrected chi connectivity index (χ3v) is 2.60. The highest BCUT2D eigenvalue weighted by molar-refractivity contribution is 5.87. The minimum atomic E-state index is -0.879. The lowest BCUT2D eigenvalue weighted by molar-refractivity contribution is 0.0697. The molecular weight excluding hydrogens is 254 g/mol. The van der Waals surface area contributed by atoms with Crippen LogP contribution in [0.3, 0.4) is 0 Å². The topological polar surface area (TPSA) is 70.4 Å². The molecule has 2 aromatic carbocycles. The molecule has 20 heavy (non-hydrogen) atoms. The quantitative estimate of drug-likeness (QED) is 0.709. The van der Waals surface area contributed by atoms with Gasteiger partial charge < -0.3 is 10.2 Å². The number of para-hydroxylation sites is 1. The average Bonchev–Trinajstić information content (AvgIpc) is 2.48. The van der Waals surface area contributed by atoms with E-state index in [9.17, 15) is 4.79 Å². The summed E-state index contributed by atoms with van der Waals surface area (Å²) in [4.78, 5) is 14.1. The zero-order valence-electron chi connectivity index (χ0n) is 10.6. The van der Waals surface area contributed by atoms with Crippen molar-refractivity contribution < 1.29 is 15.0 Å². The molecule has 0 saturated heterocycles. The number of fused-ring (bicyclic) bond motifs is 1. The number of aromatic hydroxyl groups is 1. The van der Waals surface area contributed by atoms with Gasteiger partial charge in [0.05, 0.1) is 11.1 Å². The first-order valence-electron chi connectivity index (χ1n) is 6.00. The molecule has 0 fully saturated rings. The predicted molar refractivity (Wildman–Crippen MR) is 76.8 cm³/mol. The molecule has 0 bridgehead atoms. The largest absolute Gasteiger partial charge is 0.493 e. The first kappa shape index (κ1) is 13.5. The molecule has 0 unspecified atom stereocenters. The molecule has 100 valence electrons. The normalized spacial score (nSPS) is 9.60. The van der Waals surface area contributed by atoms with Gasteiger partial charge in [0.25, 0.3) is 0 Å². The summed E-state index contributed by atoms with van der Waals surface area (Å²) in [5.74, 6) is -0.806. The van der Waals surface area contributed by atoms with E-state index >= 15 is 0 Å². The molecule has 0 atom stereocenters. The lowest BCUT2D eigenvalue weighted by Crippen LogP contribution is -1.93. The first-order valence-corrected chi connectivity index (χ1v) is 6.00. The van der Waals surface area contributed by atoms with Crippen molar-refractivity contribution in [2.24, 2.45) is 0 Å². The maximum absolute atomic E-state index is 10.2. The van der Waals surface area contributed by atoms with Crippen LogP contribution in [0.1, 0.15) is 10.4 Å². The summed E-state index contributed by atoms with van der Waals surface area (Å²) >= 11 is 0. The highest BCUT2D eigenvalue weighted by Crippen LogP contribution is 2.14. The summed E-state index contributed by atoms with van der Waals surface area (Å²) in [7, 11) is 0. The minimum absolute atomic E-state index is 0.0729. The molecule has 3 aromatic rings. The molecule has 4 nitrogen and oxygen atoms in total. The summed E-state index contributed by atoms with van der Waals surface area (Å²) in [6, 6.07) is 19.4. The molecule has 2 N–H and O–H groups in total. The van der Waals surface area contributed by atoms with Gasteiger partial charge in [0.15, 0.2) is 0 Å². The van der Waals surface area contributed by atoms with Gasteiger partial charge in [-0.1, -0.05) is 36.4 Å². The highest BCUT2D eigenvalue weighted by atomic mass is 16.4. The number of carbonyl (C=O) groups is 1. The Kier molecular flexibility index (Phi) is 4.29. The number of nitrogens with zero attached hydrogens (tertiary/aromatic N) is 1. The lowest BCUT2D eigenvalue weighted by Gasteiger charge is -1.95. The van der Waals surface area contributed by atoms with Gasteiger partial charge in [0.2, 0.25) is 5.88 Å². The number of aromatic nitrogens is 1. The number of benzene rings is 2. The van der Waals surface area contributed by atoms with Crippen LogP contribution in [0.4, 0.5) is 0 Å². The molecule has 4 heteroatoms. The Bertz CT molecular complexity index is 711. The maximum atomic E-state index is 10.2. The number of hydrogen-bond donors (Lipinski definition) is 2. The second-order valence-electron chi connectivity index (χ2n) is 4.03. The van der Waals surface area contributed by atoms with E-state index in [0.29, 0.717) is 5.56 Å². The van der Waals surface area contributed by atoms with E-state index in [0.717, 1.165) is 10.9 Å². The molecule has 1 aromatic heterocycles. The van der Waals surface area contributed by atoms with Crippen LogP contribution in [0.25, 0.3) is 10.9 Å². The third kappa shape index (κ3) is 3.55. The van der Waals surface area contributed by atoms with Gasteiger partial charge in [0, 0.05) is 11.5 Å². The molecule has 3 rings (SSSR count). The van der Waals surface area contributed by atoms with Gasteiger partial charge in [-0.25, -0.2) is 9.78 Å². The second kappa shape index (κ2) is 6.33. The fraction of sp³-hybridized carbons (Fsp3) is 0. The van der Waals surface area contributed by atoms with Crippen molar-refractivity contribution in [1.29, 1.82) is 0 Å². The molecule has 0 spiro atoms. The standard InChI is InChI=1S/C9H7NO.C7H6O2/c11-9-6-5-7-3-1-2-4-8(7)10-9;8-7(9)6-4-2-1-3-5-6/h1-6H,(H,10,11);1-5H,(H,8,9).